The lowest BCUT2D eigenvalue weighted by Crippen LogP contribution is -2.39. The van der Waals surface area contributed by atoms with Crippen molar-refractivity contribution in [3.05, 3.63) is 52.9 Å². The van der Waals surface area contributed by atoms with Crippen molar-refractivity contribution < 1.29 is 57.5 Å². The van der Waals surface area contributed by atoms with Crippen molar-refractivity contribution in [3.63, 3.8) is 0 Å². The number of aromatic nitrogens is 2. The van der Waals surface area contributed by atoms with Crippen molar-refractivity contribution >= 4 is 69.1 Å². The molecular weight excluding hydrogens is 802 g/mol. The Morgan fingerprint density at radius 3 is 2.25 bits per heavy atom. The summed E-state index contributed by atoms with van der Waals surface area (Å²) in [6, 6.07) is 4.96. The second-order valence-corrected chi connectivity index (χ2v) is 15.5. The van der Waals surface area contributed by atoms with Gasteiger partial charge in [0.2, 0.25) is 5.75 Å². The molecular formula is C42H50ClN5O12. The molecule has 18 heteroatoms. The zero-order valence-corrected chi connectivity index (χ0v) is 35.6. The zero-order valence-electron chi connectivity index (χ0n) is 34.9. The number of hydrogen-bond acceptors (Lipinski definition) is 11. The predicted octanol–water partition coefficient (Wildman–Crippen LogP) is 6.84. The Morgan fingerprint density at radius 1 is 0.917 bits per heavy atom. The number of alkyl halides is 1. The monoisotopic (exact) mass is 851 g/mol. The van der Waals surface area contributed by atoms with Crippen LogP contribution in [0.4, 0.5) is 15.3 Å². The van der Waals surface area contributed by atoms with Gasteiger partial charge in [0, 0.05) is 68.1 Å². The molecule has 2 aromatic carbocycles. The number of hydrogen-bond donors (Lipinski definition) is 3. The molecule has 0 unspecified atom stereocenters. The molecule has 17 nitrogen and oxygen atoms in total. The second kappa shape index (κ2) is 17.6. The number of ether oxygens (including phenoxy) is 6. The summed E-state index contributed by atoms with van der Waals surface area (Å²) in [5.41, 5.74) is 1.78. The van der Waals surface area contributed by atoms with Crippen LogP contribution in [-0.4, -0.2) is 129 Å². The fourth-order valence-electron chi connectivity index (χ4n) is 7.81. The topological polar surface area (TPSA) is 202 Å². The van der Waals surface area contributed by atoms with Gasteiger partial charge in [0.05, 0.1) is 56.1 Å². The van der Waals surface area contributed by atoms with E-state index in [1.807, 2.05) is 6.08 Å². The molecule has 0 fully saturated rings. The van der Waals surface area contributed by atoms with Crippen LogP contribution in [0.25, 0.3) is 21.8 Å². The summed E-state index contributed by atoms with van der Waals surface area (Å²) in [5.74, 6) is -1.13. The number of anilines is 1. The highest BCUT2D eigenvalue weighted by Gasteiger charge is 2.39. The average molecular weight is 852 g/mol. The molecule has 0 saturated heterocycles. The minimum absolute atomic E-state index is 0.0388. The van der Waals surface area contributed by atoms with Crippen molar-refractivity contribution in [2.75, 3.05) is 72.9 Å². The Morgan fingerprint density at radius 2 is 1.62 bits per heavy atom. The van der Waals surface area contributed by atoms with Crippen LogP contribution in [0.15, 0.2) is 30.4 Å². The quantitative estimate of drug-likeness (QED) is 0.0762. The van der Waals surface area contributed by atoms with Gasteiger partial charge in [0.25, 0.3) is 5.91 Å². The number of esters is 1. The van der Waals surface area contributed by atoms with Gasteiger partial charge in [-0.3, -0.25) is 9.59 Å². The number of carboxylic acid groups (broad SMARTS) is 1. The number of nitrogens with one attached hydrogen (secondary N) is 2. The number of nitrogens with zero attached hydrogens (tertiary/aromatic N) is 3. The van der Waals surface area contributed by atoms with Crippen LogP contribution in [0.3, 0.4) is 0 Å². The molecule has 1 aliphatic heterocycles. The van der Waals surface area contributed by atoms with Crippen LogP contribution in [0.1, 0.15) is 70.6 Å². The van der Waals surface area contributed by atoms with Gasteiger partial charge in [-0.1, -0.05) is 6.08 Å². The number of fused-ring (bicyclic) bond motifs is 4. The van der Waals surface area contributed by atoms with Crippen LogP contribution in [-0.2, 0) is 14.3 Å². The summed E-state index contributed by atoms with van der Waals surface area (Å²) in [5, 5.41) is 10.7. The fourth-order valence-corrected chi connectivity index (χ4v) is 8.06. The van der Waals surface area contributed by atoms with Gasteiger partial charge in [-0.15, -0.1) is 11.6 Å². The molecule has 3 amide bonds. The number of aromatic amines is 2. The number of benzene rings is 2. The second-order valence-electron chi connectivity index (χ2n) is 15.2. The van der Waals surface area contributed by atoms with E-state index in [0.717, 1.165) is 0 Å². The summed E-state index contributed by atoms with van der Waals surface area (Å²) in [6.45, 7) is 3.66. The average Bonchev–Trinajstić information content (AvgIpc) is 3.93. The number of aliphatic carboxylic acids is 1. The van der Waals surface area contributed by atoms with Crippen molar-refractivity contribution in [3.8, 4) is 23.0 Å². The lowest BCUT2D eigenvalue weighted by atomic mass is 9.79. The van der Waals surface area contributed by atoms with E-state index in [2.05, 4.69) is 9.97 Å². The number of likely N-dealkylation sites (N-methyl/N-ethyl adjacent to an activating group) is 2. The highest BCUT2D eigenvalue weighted by molar-refractivity contribution is 6.20. The standard InChI is InChI=1S/C42H50ClN5O12/c1-22-30(38(50)58-8)32-31-24(20-43)21-48(37(49)26-17-23-18-29(55-5)35(56-6)36(57-7)33(23)45-26)27(31)19-28(34(32)44-22)60-41(54)47(4)16-15-46(3)40(53)59-25-11-9-10-13-42(2,14-12-25)39(51)52/h9,11,17-19,24-25,44-45H,10,12-16,20-21H2,1-8H3,(H,51,52)/b11-9+/t24-,25+,42-/m1/s1. The summed E-state index contributed by atoms with van der Waals surface area (Å²) >= 11 is 6.56. The Bertz CT molecular complexity index is 2370. The Balaban J connectivity index is 1.27. The molecule has 2 aliphatic rings. The zero-order chi connectivity index (χ0) is 43.6. The highest BCUT2D eigenvalue weighted by Crippen LogP contribution is 2.49. The molecule has 0 spiro atoms. The third kappa shape index (κ3) is 8.09. The van der Waals surface area contributed by atoms with Crippen LogP contribution in [0.2, 0.25) is 0 Å². The highest BCUT2D eigenvalue weighted by atomic mass is 35.5. The van der Waals surface area contributed by atoms with Gasteiger partial charge in [-0.25, -0.2) is 14.4 Å². The van der Waals surface area contributed by atoms with Crippen molar-refractivity contribution in [1.82, 2.24) is 19.8 Å². The Kier molecular flexibility index (Phi) is 12.8. The third-order valence-electron chi connectivity index (χ3n) is 11.4. The fraction of sp³-hybridized carbons (Fsp3) is 0.452. The molecule has 60 heavy (non-hydrogen) atoms. The molecule has 3 atom stereocenters. The maximum atomic E-state index is 14.5. The van der Waals surface area contributed by atoms with Crippen LogP contribution in [0.5, 0.6) is 23.0 Å². The number of methoxy groups -OCH3 is 4. The summed E-state index contributed by atoms with van der Waals surface area (Å²) in [4.78, 5) is 76.8. The first-order valence-electron chi connectivity index (χ1n) is 19.3. The molecule has 2 aromatic heterocycles. The largest absolute Gasteiger partial charge is 0.493 e. The minimum atomic E-state index is -0.912. The van der Waals surface area contributed by atoms with E-state index in [1.165, 1.54) is 57.2 Å². The summed E-state index contributed by atoms with van der Waals surface area (Å²) in [6.07, 6.45) is 3.34. The number of rotatable bonds is 12. The number of carbonyl (C=O) groups excluding carboxylic acids is 4. The molecule has 0 radical (unpaired) electrons. The first-order chi connectivity index (χ1) is 28.6. The van der Waals surface area contributed by atoms with E-state index in [4.69, 9.17) is 40.0 Å². The van der Waals surface area contributed by atoms with Crippen LogP contribution < -0.4 is 23.8 Å². The first kappa shape index (κ1) is 43.5. The van der Waals surface area contributed by atoms with Gasteiger partial charge >= 0.3 is 24.1 Å². The molecule has 322 valence electrons. The van der Waals surface area contributed by atoms with E-state index in [1.54, 1.807) is 38.1 Å². The smallest absolute Gasteiger partial charge is 0.415 e. The van der Waals surface area contributed by atoms with Gasteiger partial charge in [-0.05, 0) is 63.3 Å². The Labute approximate surface area is 351 Å². The summed E-state index contributed by atoms with van der Waals surface area (Å²) in [7, 11) is 8.76. The van der Waals surface area contributed by atoms with E-state index < -0.39 is 47.5 Å². The molecule has 0 saturated carbocycles. The minimum Gasteiger partial charge on any atom is -0.493 e. The van der Waals surface area contributed by atoms with Crippen LogP contribution >= 0.6 is 11.6 Å². The molecule has 3 heterocycles. The molecule has 4 aromatic rings. The number of H-pyrrole nitrogens is 2. The maximum Gasteiger partial charge on any atom is 0.415 e. The number of allylic oxidation sites excluding steroid dienone is 1. The first-order valence-corrected chi connectivity index (χ1v) is 19.9. The molecule has 0 bridgehead atoms. The predicted molar refractivity (Wildman–Crippen MR) is 222 cm³/mol. The van der Waals surface area contributed by atoms with Crippen molar-refractivity contribution in [2.24, 2.45) is 5.41 Å². The summed E-state index contributed by atoms with van der Waals surface area (Å²) < 4.78 is 33.5. The maximum absolute atomic E-state index is 14.5. The van der Waals surface area contributed by atoms with Gasteiger partial charge in [0.1, 0.15) is 11.8 Å². The number of aryl methyl sites for hydroxylation is 1. The lowest BCUT2D eigenvalue weighted by Gasteiger charge is -2.29. The van der Waals surface area contributed by atoms with E-state index in [9.17, 15) is 29.1 Å². The number of carboxylic acids is 1. The van der Waals surface area contributed by atoms with Gasteiger partial charge < -0.3 is 58.2 Å². The lowest BCUT2D eigenvalue weighted by molar-refractivity contribution is -0.149. The molecule has 3 N–H and O–H groups in total. The van der Waals surface area contributed by atoms with E-state index >= 15 is 0 Å². The number of amides is 3. The van der Waals surface area contributed by atoms with Crippen molar-refractivity contribution in [1.29, 1.82) is 0 Å². The molecule has 6 rings (SSSR count). The number of carbonyl (C=O) groups is 5. The molecule has 1 aliphatic carbocycles. The normalized spacial score (nSPS) is 19.2. The van der Waals surface area contributed by atoms with Crippen LogP contribution in [0, 0.1) is 12.3 Å². The van der Waals surface area contributed by atoms with E-state index in [-0.39, 0.29) is 42.5 Å². The Hall–Kier alpha value is -6.10. The SMILES string of the molecule is COC(=O)c1c(C)[nH]c2c(OC(=O)N(C)CCN(C)C(=O)O[C@H]3/C=C/CC[C@@](C)(C(=O)O)CC3)cc3c(c12)[C@H](CCl)CN3C(=O)c1cc2cc(OC)c(OC)c(OC)c2[nH]1. The number of halogens is 1. The van der Waals surface area contributed by atoms with Gasteiger partial charge in [-0.2, -0.15) is 0 Å². The van der Waals surface area contributed by atoms with Gasteiger partial charge in [0.15, 0.2) is 17.2 Å². The third-order valence-corrected chi connectivity index (χ3v) is 11.7. The van der Waals surface area contributed by atoms with Crippen molar-refractivity contribution in [2.45, 2.75) is 51.6 Å². The van der Waals surface area contributed by atoms with E-state index in [0.29, 0.717) is 81.7 Å².